The minimum absolute atomic E-state index is 0.422. The molecule has 1 aliphatic rings. The van der Waals surface area contributed by atoms with Crippen LogP contribution in [0.25, 0.3) is 0 Å². The number of aliphatic hydroxyl groups is 2. The number of rotatable bonds is 3. The van der Waals surface area contributed by atoms with Crippen LogP contribution in [0.4, 0.5) is 0 Å². The minimum atomic E-state index is -0.478. The number of piperazine rings is 1. The van der Waals surface area contributed by atoms with Crippen molar-refractivity contribution in [2.24, 2.45) is 0 Å². The van der Waals surface area contributed by atoms with E-state index in [4.69, 9.17) is 5.11 Å². The van der Waals surface area contributed by atoms with Crippen LogP contribution in [0.2, 0.25) is 0 Å². The number of nitrogens with zero attached hydrogens (tertiary/aromatic N) is 2. The van der Waals surface area contributed by atoms with E-state index < -0.39 is 12.3 Å². The minimum Gasteiger partial charge on any atom is -0.393 e. The van der Waals surface area contributed by atoms with Crippen LogP contribution in [0.5, 0.6) is 0 Å². The lowest BCUT2D eigenvalue weighted by atomic mass is 10.2. The first-order chi connectivity index (χ1) is 6.09. The highest BCUT2D eigenvalue weighted by Crippen LogP contribution is 2.07. The first kappa shape index (κ1) is 10.9. The van der Waals surface area contributed by atoms with Crippen LogP contribution >= 0.6 is 0 Å². The average Bonchev–Trinajstić information content (AvgIpc) is 2.04. The van der Waals surface area contributed by atoms with Gasteiger partial charge in [-0.15, -0.1) is 0 Å². The molecule has 0 spiro atoms. The highest BCUT2D eigenvalue weighted by Gasteiger charge is 2.21. The van der Waals surface area contributed by atoms with E-state index in [-0.39, 0.29) is 0 Å². The van der Waals surface area contributed by atoms with Crippen LogP contribution in [-0.2, 0) is 0 Å². The second kappa shape index (κ2) is 4.91. The van der Waals surface area contributed by atoms with E-state index in [1.807, 2.05) is 4.90 Å². The molecule has 4 nitrogen and oxygen atoms in total. The summed E-state index contributed by atoms with van der Waals surface area (Å²) in [4.78, 5) is 4.26. The van der Waals surface area contributed by atoms with Gasteiger partial charge in [0.15, 0.2) is 0 Å². The molecule has 0 amide bonds. The predicted octanol–water partition coefficient (Wildman–Crippen LogP) is -0.677. The lowest BCUT2D eigenvalue weighted by Crippen LogP contribution is -2.49. The molecule has 0 aromatic carbocycles. The van der Waals surface area contributed by atoms with Crippen LogP contribution in [-0.4, -0.2) is 65.6 Å². The standard InChI is InChI=1S/C9H20N2O2/c1-8(12)7-9(13)11-5-3-10(2)4-6-11/h8-9,12-13H,3-7H2,1-2H3. The maximum atomic E-state index is 9.68. The Bertz CT molecular complexity index is 145. The molecule has 0 aromatic heterocycles. The summed E-state index contributed by atoms with van der Waals surface area (Å²) in [6, 6.07) is 0. The monoisotopic (exact) mass is 188 g/mol. The molecule has 2 unspecified atom stereocenters. The first-order valence-electron chi connectivity index (χ1n) is 4.88. The van der Waals surface area contributed by atoms with Gasteiger partial charge in [0.25, 0.3) is 0 Å². The quantitative estimate of drug-likeness (QED) is 0.616. The molecule has 4 heteroatoms. The van der Waals surface area contributed by atoms with Gasteiger partial charge in [0.05, 0.1) is 6.10 Å². The summed E-state index contributed by atoms with van der Waals surface area (Å²) in [5.74, 6) is 0. The van der Waals surface area contributed by atoms with Gasteiger partial charge >= 0.3 is 0 Å². The van der Waals surface area contributed by atoms with Crippen molar-refractivity contribution in [1.29, 1.82) is 0 Å². The third kappa shape index (κ3) is 3.60. The zero-order chi connectivity index (χ0) is 9.84. The Morgan fingerprint density at radius 1 is 1.15 bits per heavy atom. The Morgan fingerprint density at radius 2 is 1.69 bits per heavy atom. The fraction of sp³-hybridized carbons (Fsp3) is 1.00. The van der Waals surface area contributed by atoms with E-state index in [0.29, 0.717) is 6.42 Å². The zero-order valence-electron chi connectivity index (χ0n) is 8.48. The molecule has 2 N–H and O–H groups in total. The molecule has 1 fully saturated rings. The summed E-state index contributed by atoms with van der Waals surface area (Å²) in [5, 5.41) is 18.8. The largest absolute Gasteiger partial charge is 0.393 e. The second-order valence-corrected chi connectivity index (χ2v) is 3.90. The molecule has 1 rings (SSSR count). The number of hydrogen-bond acceptors (Lipinski definition) is 4. The van der Waals surface area contributed by atoms with Gasteiger partial charge in [-0.25, -0.2) is 0 Å². The second-order valence-electron chi connectivity index (χ2n) is 3.90. The fourth-order valence-electron chi connectivity index (χ4n) is 1.57. The lowest BCUT2D eigenvalue weighted by molar-refractivity contribution is -0.0458. The molecule has 13 heavy (non-hydrogen) atoms. The van der Waals surface area contributed by atoms with Gasteiger partial charge in [0.1, 0.15) is 6.23 Å². The molecular formula is C9H20N2O2. The number of hydrogen-bond donors (Lipinski definition) is 2. The van der Waals surface area contributed by atoms with E-state index in [2.05, 4.69) is 11.9 Å². The van der Waals surface area contributed by atoms with Gasteiger partial charge in [0.2, 0.25) is 0 Å². The predicted molar refractivity (Wildman–Crippen MR) is 51.4 cm³/mol. The maximum absolute atomic E-state index is 9.68. The maximum Gasteiger partial charge on any atom is 0.109 e. The fourth-order valence-corrected chi connectivity index (χ4v) is 1.57. The highest BCUT2D eigenvalue weighted by atomic mass is 16.3. The summed E-state index contributed by atoms with van der Waals surface area (Å²) >= 11 is 0. The summed E-state index contributed by atoms with van der Waals surface area (Å²) in [5.41, 5.74) is 0. The molecular weight excluding hydrogens is 168 g/mol. The summed E-state index contributed by atoms with van der Waals surface area (Å²) < 4.78 is 0. The molecule has 78 valence electrons. The zero-order valence-corrected chi connectivity index (χ0v) is 8.48. The molecule has 1 aliphatic heterocycles. The number of aliphatic hydroxyl groups excluding tert-OH is 2. The van der Waals surface area contributed by atoms with Crippen LogP contribution in [0.1, 0.15) is 13.3 Å². The summed E-state index contributed by atoms with van der Waals surface area (Å²) in [6.07, 6.45) is -0.452. The van der Waals surface area contributed by atoms with Crippen LogP contribution in [0, 0.1) is 0 Å². The van der Waals surface area contributed by atoms with Gasteiger partial charge < -0.3 is 15.1 Å². The van der Waals surface area contributed by atoms with Crippen molar-refractivity contribution in [1.82, 2.24) is 9.80 Å². The molecule has 2 atom stereocenters. The van der Waals surface area contributed by atoms with Crippen molar-refractivity contribution in [2.75, 3.05) is 33.2 Å². The third-order valence-electron chi connectivity index (χ3n) is 2.51. The van der Waals surface area contributed by atoms with Crippen LogP contribution < -0.4 is 0 Å². The highest BCUT2D eigenvalue weighted by molar-refractivity contribution is 4.72. The normalized spacial score (nSPS) is 25.8. The van der Waals surface area contributed by atoms with Gasteiger partial charge in [-0.2, -0.15) is 0 Å². The third-order valence-corrected chi connectivity index (χ3v) is 2.51. The SMILES string of the molecule is CC(O)CC(O)N1CCN(C)CC1. The van der Waals surface area contributed by atoms with Crippen LogP contribution in [0.3, 0.4) is 0 Å². The van der Waals surface area contributed by atoms with E-state index in [0.717, 1.165) is 26.2 Å². The Balaban J connectivity index is 2.27. The van der Waals surface area contributed by atoms with Crippen molar-refractivity contribution in [3.05, 3.63) is 0 Å². The molecule has 1 heterocycles. The van der Waals surface area contributed by atoms with Gasteiger partial charge in [-0.05, 0) is 14.0 Å². The molecule has 0 saturated carbocycles. The van der Waals surface area contributed by atoms with Crippen molar-refractivity contribution in [3.8, 4) is 0 Å². The molecule has 0 bridgehead atoms. The van der Waals surface area contributed by atoms with E-state index in [9.17, 15) is 5.11 Å². The van der Waals surface area contributed by atoms with Crippen molar-refractivity contribution >= 4 is 0 Å². The van der Waals surface area contributed by atoms with Crippen molar-refractivity contribution in [2.45, 2.75) is 25.7 Å². The average molecular weight is 188 g/mol. The Hall–Kier alpha value is -0.160. The smallest absolute Gasteiger partial charge is 0.109 e. The van der Waals surface area contributed by atoms with Gasteiger partial charge in [0, 0.05) is 32.6 Å². The first-order valence-corrected chi connectivity index (χ1v) is 4.88. The van der Waals surface area contributed by atoms with Gasteiger partial charge in [-0.3, -0.25) is 4.90 Å². The van der Waals surface area contributed by atoms with Crippen LogP contribution in [0.15, 0.2) is 0 Å². The lowest BCUT2D eigenvalue weighted by Gasteiger charge is -2.35. The molecule has 0 aromatic rings. The topological polar surface area (TPSA) is 46.9 Å². The Morgan fingerprint density at radius 3 is 2.15 bits per heavy atom. The van der Waals surface area contributed by atoms with E-state index >= 15 is 0 Å². The van der Waals surface area contributed by atoms with E-state index in [1.54, 1.807) is 6.92 Å². The van der Waals surface area contributed by atoms with Crippen molar-refractivity contribution in [3.63, 3.8) is 0 Å². The number of likely N-dealkylation sites (N-methyl/N-ethyl adjacent to an activating group) is 1. The Labute approximate surface area is 79.8 Å². The molecule has 1 saturated heterocycles. The molecule has 0 aliphatic carbocycles. The van der Waals surface area contributed by atoms with Gasteiger partial charge in [-0.1, -0.05) is 0 Å². The van der Waals surface area contributed by atoms with Crippen molar-refractivity contribution < 1.29 is 10.2 Å². The molecule has 0 radical (unpaired) electrons. The summed E-state index contributed by atoms with van der Waals surface area (Å²) in [6.45, 7) is 5.49. The Kier molecular flexibility index (Phi) is 4.12. The summed E-state index contributed by atoms with van der Waals surface area (Å²) in [7, 11) is 2.08. The van der Waals surface area contributed by atoms with E-state index in [1.165, 1.54) is 0 Å².